The maximum Gasteiger partial charge on any atom is 0.202 e. The molecular weight excluding hydrogens is 214 g/mol. The van der Waals surface area contributed by atoms with Crippen molar-refractivity contribution in [3.63, 3.8) is 0 Å². The van der Waals surface area contributed by atoms with Crippen molar-refractivity contribution in [1.29, 1.82) is 0 Å². The summed E-state index contributed by atoms with van der Waals surface area (Å²) in [7, 11) is 1.95. The van der Waals surface area contributed by atoms with Crippen molar-refractivity contribution in [2.45, 2.75) is 39.2 Å². The van der Waals surface area contributed by atoms with Gasteiger partial charge in [0.15, 0.2) is 5.65 Å². The molecule has 1 fully saturated rings. The Morgan fingerprint density at radius 3 is 2.82 bits per heavy atom. The molecule has 0 spiro atoms. The molecule has 5 nitrogen and oxygen atoms in total. The maximum absolute atomic E-state index is 5.99. The fourth-order valence-electron chi connectivity index (χ4n) is 2.67. The average Bonchev–Trinajstić information content (AvgIpc) is 2.66. The van der Waals surface area contributed by atoms with E-state index in [1.807, 2.05) is 18.7 Å². The molecule has 0 amide bonds. The Hall–Kier alpha value is -1.52. The Balaban J connectivity index is 1.93. The highest BCUT2D eigenvalue weighted by Gasteiger charge is 2.20. The number of nitrogens with two attached hydrogens (primary N) is 1. The number of rotatable bonds is 3. The molecule has 0 bridgehead atoms. The van der Waals surface area contributed by atoms with Gasteiger partial charge in [-0.3, -0.25) is 9.25 Å². The number of fused-ring (bicyclic) bond motifs is 1. The lowest BCUT2D eigenvalue weighted by Gasteiger charge is -2.25. The van der Waals surface area contributed by atoms with Crippen LogP contribution in [-0.4, -0.2) is 19.3 Å². The summed E-state index contributed by atoms with van der Waals surface area (Å²) in [4.78, 5) is 4.41. The van der Waals surface area contributed by atoms with Crippen LogP contribution < -0.4 is 5.73 Å². The lowest BCUT2D eigenvalue weighted by Crippen LogP contribution is -2.15. The molecule has 3 rings (SSSR count). The molecule has 1 saturated carbocycles. The largest absolute Gasteiger partial charge is 0.369 e. The number of imidazole rings is 1. The highest BCUT2D eigenvalue weighted by atomic mass is 15.3. The zero-order valence-electron chi connectivity index (χ0n) is 10.5. The van der Waals surface area contributed by atoms with Crippen LogP contribution in [0.25, 0.3) is 11.2 Å². The summed E-state index contributed by atoms with van der Waals surface area (Å²) >= 11 is 0. The summed E-state index contributed by atoms with van der Waals surface area (Å²) in [6.07, 6.45) is 5.36. The topological polar surface area (TPSA) is 61.7 Å². The third kappa shape index (κ3) is 1.61. The number of aromatic nitrogens is 4. The van der Waals surface area contributed by atoms with Gasteiger partial charge in [-0.05, 0) is 19.3 Å². The Morgan fingerprint density at radius 2 is 2.18 bits per heavy atom. The van der Waals surface area contributed by atoms with Crippen LogP contribution in [0.1, 0.15) is 31.4 Å². The van der Waals surface area contributed by atoms with Crippen LogP contribution in [0.5, 0.6) is 0 Å². The van der Waals surface area contributed by atoms with E-state index in [0.29, 0.717) is 5.95 Å². The normalized spacial score (nSPS) is 16.6. The SMILES string of the molecule is Cc1nn(C)c2c1nc(N)n2CCC1CCC1. The van der Waals surface area contributed by atoms with Gasteiger partial charge in [0, 0.05) is 13.6 Å². The third-order valence-corrected chi connectivity index (χ3v) is 3.91. The van der Waals surface area contributed by atoms with Crippen molar-refractivity contribution in [3.05, 3.63) is 5.69 Å². The van der Waals surface area contributed by atoms with Crippen molar-refractivity contribution in [2.75, 3.05) is 5.73 Å². The minimum atomic E-state index is 0.621. The number of aryl methyl sites for hydroxylation is 3. The molecule has 0 unspecified atom stereocenters. The molecule has 0 aliphatic heterocycles. The van der Waals surface area contributed by atoms with Crippen LogP contribution in [0, 0.1) is 12.8 Å². The zero-order chi connectivity index (χ0) is 12.0. The summed E-state index contributed by atoms with van der Waals surface area (Å²) < 4.78 is 3.99. The van der Waals surface area contributed by atoms with E-state index in [0.717, 1.165) is 29.3 Å². The first-order valence-corrected chi connectivity index (χ1v) is 6.32. The van der Waals surface area contributed by atoms with Gasteiger partial charge in [-0.15, -0.1) is 0 Å². The molecule has 17 heavy (non-hydrogen) atoms. The first-order valence-electron chi connectivity index (χ1n) is 6.32. The van der Waals surface area contributed by atoms with Gasteiger partial charge in [-0.25, -0.2) is 4.98 Å². The predicted octanol–water partition coefficient (Wildman–Crippen LogP) is 1.85. The maximum atomic E-state index is 5.99. The van der Waals surface area contributed by atoms with Crippen molar-refractivity contribution in [1.82, 2.24) is 19.3 Å². The number of hydrogen-bond acceptors (Lipinski definition) is 3. The molecule has 2 aromatic rings. The second-order valence-electron chi connectivity index (χ2n) is 5.09. The standard InChI is InChI=1S/C12H19N5/c1-8-10-11(16(2)15-8)17(12(13)14-10)7-6-9-4-3-5-9/h9H,3-7H2,1-2H3,(H2,13,14). The van der Waals surface area contributed by atoms with Gasteiger partial charge < -0.3 is 5.73 Å². The van der Waals surface area contributed by atoms with Crippen molar-refractivity contribution in [2.24, 2.45) is 13.0 Å². The molecule has 1 aliphatic carbocycles. The minimum Gasteiger partial charge on any atom is -0.369 e. The van der Waals surface area contributed by atoms with E-state index in [2.05, 4.69) is 14.6 Å². The van der Waals surface area contributed by atoms with Crippen LogP contribution in [0.2, 0.25) is 0 Å². The van der Waals surface area contributed by atoms with Crippen molar-refractivity contribution < 1.29 is 0 Å². The van der Waals surface area contributed by atoms with Gasteiger partial charge in [-0.1, -0.05) is 19.3 Å². The van der Waals surface area contributed by atoms with Gasteiger partial charge in [0.25, 0.3) is 0 Å². The molecule has 92 valence electrons. The molecule has 0 aromatic carbocycles. The van der Waals surface area contributed by atoms with Crippen molar-refractivity contribution >= 4 is 17.1 Å². The van der Waals surface area contributed by atoms with E-state index in [1.165, 1.54) is 25.7 Å². The summed E-state index contributed by atoms with van der Waals surface area (Å²) in [5.74, 6) is 1.51. The smallest absolute Gasteiger partial charge is 0.202 e. The predicted molar refractivity (Wildman–Crippen MR) is 67.6 cm³/mol. The van der Waals surface area contributed by atoms with Crippen molar-refractivity contribution in [3.8, 4) is 0 Å². The fraction of sp³-hybridized carbons (Fsp3) is 0.667. The summed E-state index contributed by atoms with van der Waals surface area (Å²) in [6.45, 7) is 2.94. The Labute approximate surface area is 101 Å². The number of nitrogens with zero attached hydrogens (tertiary/aromatic N) is 4. The molecule has 2 N–H and O–H groups in total. The van der Waals surface area contributed by atoms with E-state index in [4.69, 9.17) is 5.73 Å². The van der Waals surface area contributed by atoms with Crippen LogP contribution in [0.15, 0.2) is 0 Å². The summed E-state index contributed by atoms with van der Waals surface area (Å²) in [5, 5.41) is 4.39. The Bertz CT molecular complexity index is 547. The van der Waals surface area contributed by atoms with E-state index in [-0.39, 0.29) is 0 Å². The molecule has 1 aliphatic rings. The number of hydrogen-bond donors (Lipinski definition) is 1. The molecule has 2 aromatic heterocycles. The highest BCUT2D eigenvalue weighted by Crippen LogP contribution is 2.31. The quantitative estimate of drug-likeness (QED) is 0.880. The second kappa shape index (κ2) is 3.75. The molecular formula is C12H19N5. The first kappa shape index (κ1) is 10.6. The Kier molecular flexibility index (Phi) is 2.34. The number of anilines is 1. The highest BCUT2D eigenvalue weighted by molar-refractivity contribution is 5.77. The zero-order valence-corrected chi connectivity index (χ0v) is 10.5. The molecule has 0 radical (unpaired) electrons. The third-order valence-electron chi connectivity index (χ3n) is 3.91. The average molecular weight is 233 g/mol. The van der Waals surface area contributed by atoms with E-state index in [9.17, 15) is 0 Å². The Morgan fingerprint density at radius 1 is 1.41 bits per heavy atom. The molecule has 2 heterocycles. The van der Waals surface area contributed by atoms with E-state index >= 15 is 0 Å². The lowest BCUT2D eigenvalue weighted by molar-refractivity contribution is 0.283. The second-order valence-corrected chi connectivity index (χ2v) is 5.09. The minimum absolute atomic E-state index is 0.621. The lowest BCUT2D eigenvalue weighted by atomic mass is 9.83. The van der Waals surface area contributed by atoms with E-state index < -0.39 is 0 Å². The van der Waals surface area contributed by atoms with Crippen LogP contribution in [0.4, 0.5) is 5.95 Å². The van der Waals surface area contributed by atoms with Gasteiger partial charge in [0.1, 0.15) is 5.52 Å². The van der Waals surface area contributed by atoms with Gasteiger partial charge >= 0.3 is 0 Å². The summed E-state index contributed by atoms with van der Waals surface area (Å²) in [5.41, 5.74) is 8.95. The van der Waals surface area contributed by atoms with Gasteiger partial charge in [0.05, 0.1) is 5.69 Å². The molecule has 0 atom stereocenters. The molecule has 0 saturated heterocycles. The van der Waals surface area contributed by atoms with Crippen LogP contribution in [-0.2, 0) is 13.6 Å². The monoisotopic (exact) mass is 233 g/mol. The number of nitrogen functional groups attached to an aromatic ring is 1. The first-order chi connectivity index (χ1) is 8.16. The summed E-state index contributed by atoms with van der Waals surface area (Å²) in [6, 6.07) is 0. The van der Waals surface area contributed by atoms with E-state index in [1.54, 1.807) is 0 Å². The molecule has 5 heteroatoms. The van der Waals surface area contributed by atoms with Gasteiger partial charge in [0.2, 0.25) is 5.95 Å². The fourth-order valence-corrected chi connectivity index (χ4v) is 2.67. The van der Waals surface area contributed by atoms with Crippen LogP contribution >= 0.6 is 0 Å². The van der Waals surface area contributed by atoms with Gasteiger partial charge in [-0.2, -0.15) is 5.10 Å². The van der Waals surface area contributed by atoms with Crippen LogP contribution in [0.3, 0.4) is 0 Å².